The molecule has 1 saturated heterocycles. The minimum Gasteiger partial charge on any atom is -0.381 e. The molecule has 1 aromatic rings. The van der Waals surface area contributed by atoms with E-state index in [2.05, 4.69) is 18.2 Å². The molecule has 1 aliphatic heterocycles. The number of hydrogen-bond donors (Lipinski definition) is 1. The predicted octanol–water partition coefficient (Wildman–Crippen LogP) is 0.809. The maximum atomic E-state index is 6.06. The van der Waals surface area contributed by atoms with E-state index in [4.69, 9.17) is 10.5 Å². The van der Waals surface area contributed by atoms with Crippen molar-refractivity contribution in [3.8, 4) is 0 Å². The van der Waals surface area contributed by atoms with Crippen LogP contribution in [0.15, 0.2) is 12.4 Å². The molecule has 0 amide bonds. The fourth-order valence-corrected chi connectivity index (χ4v) is 2.01. The van der Waals surface area contributed by atoms with Gasteiger partial charge in [0.15, 0.2) is 0 Å². The van der Waals surface area contributed by atoms with Gasteiger partial charge < -0.3 is 10.5 Å². The van der Waals surface area contributed by atoms with Crippen LogP contribution in [0.25, 0.3) is 0 Å². The molecule has 0 radical (unpaired) electrons. The van der Waals surface area contributed by atoms with Gasteiger partial charge in [0.1, 0.15) is 0 Å². The molecule has 0 aromatic carbocycles. The molecule has 0 bridgehead atoms. The van der Waals surface area contributed by atoms with E-state index < -0.39 is 0 Å². The number of aryl methyl sites for hydroxylation is 1. The van der Waals surface area contributed by atoms with Gasteiger partial charge in [-0.1, -0.05) is 0 Å². The van der Waals surface area contributed by atoms with Gasteiger partial charge in [0.25, 0.3) is 0 Å². The third-order valence-electron chi connectivity index (χ3n) is 3.04. The van der Waals surface area contributed by atoms with E-state index in [1.807, 2.05) is 10.9 Å². The van der Waals surface area contributed by atoms with E-state index in [0.29, 0.717) is 5.92 Å². The van der Waals surface area contributed by atoms with Crippen LogP contribution >= 0.6 is 0 Å². The highest BCUT2D eigenvalue weighted by atomic mass is 16.5. The molecule has 1 aliphatic rings. The Bertz CT molecular complexity index is 311. The largest absolute Gasteiger partial charge is 0.381 e. The monoisotopic (exact) mass is 209 g/mol. The molecule has 2 rings (SSSR count). The van der Waals surface area contributed by atoms with Crippen LogP contribution < -0.4 is 5.73 Å². The highest BCUT2D eigenvalue weighted by molar-refractivity contribution is 5.06. The quantitative estimate of drug-likeness (QED) is 0.801. The highest BCUT2D eigenvalue weighted by Crippen LogP contribution is 2.17. The van der Waals surface area contributed by atoms with E-state index in [1.165, 1.54) is 5.56 Å². The Kier molecular flexibility index (Phi) is 3.38. The number of nitrogens with zero attached hydrogens (tertiary/aromatic N) is 2. The van der Waals surface area contributed by atoms with Crippen molar-refractivity contribution in [3.63, 3.8) is 0 Å². The van der Waals surface area contributed by atoms with Crippen LogP contribution in [-0.2, 0) is 17.7 Å². The van der Waals surface area contributed by atoms with Crippen molar-refractivity contribution in [2.75, 3.05) is 13.2 Å². The maximum absolute atomic E-state index is 6.06. The fraction of sp³-hybridized carbons (Fsp3) is 0.727. The van der Waals surface area contributed by atoms with Gasteiger partial charge in [-0.3, -0.25) is 4.68 Å². The molecule has 4 nitrogen and oxygen atoms in total. The first-order valence-electron chi connectivity index (χ1n) is 5.64. The van der Waals surface area contributed by atoms with Crippen LogP contribution in [0.3, 0.4) is 0 Å². The molecule has 1 fully saturated rings. The first kappa shape index (κ1) is 10.6. The van der Waals surface area contributed by atoms with Crippen molar-refractivity contribution >= 4 is 0 Å². The summed E-state index contributed by atoms with van der Waals surface area (Å²) < 4.78 is 7.40. The molecule has 2 heterocycles. The number of rotatable bonds is 3. The Morgan fingerprint density at radius 2 is 2.53 bits per heavy atom. The van der Waals surface area contributed by atoms with Crippen LogP contribution in [0.5, 0.6) is 0 Å². The lowest BCUT2D eigenvalue weighted by molar-refractivity contribution is 0.0422. The Morgan fingerprint density at radius 3 is 3.20 bits per heavy atom. The topological polar surface area (TPSA) is 53.1 Å². The smallest absolute Gasteiger partial charge is 0.0521 e. The zero-order valence-corrected chi connectivity index (χ0v) is 9.22. The second kappa shape index (κ2) is 4.77. The maximum Gasteiger partial charge on any atom is 0.0521 e. The fourth-order valence-electron chi connectivity index (χ4n) is 2.01. The summed E-state index contributed by atoms with van der Waals surface area (Å²) in [6.07, 6.45) is 6.00. The summed E-state index contributed by atoms with van der Waals surface area (Å²) in [6.45, 7) is 4.61. The lowest BCUT2D eigenvalue weighted by Gasteiger charge is -2.28. The van der Waals surface area contributed by atoms with Crippen molar-refractivity contribution in [2.45, 2.75) is 32.4 Å². The molecule has 4 heteroatoms. The first-order chi connectivity index (χ1) is 7.29. The van der Waals surface area contributed by atoms with Crippen molar-refractivity contribution in [1.82, 2.24) is 9.78 Å². The van der Waals surface area contributed by atoms with Gasteiger partial charge in [0.2, 0.25) is 0 Å². The van der Waals surface area contributed by atoms with Gasteiger partial charge in [-0.05, 0) is 25.3 Å². The number of ether oxygens (including phenoxy) is 1. The Morgan fingerprint density at radius 1 is 1.67 bits per heavy atom. The van der Waals surface area contributed by atoms with Crippen LogP contribution in [-0.4, -0.2) is 29.0 Å². The lowest BCUT2D eigenvalue weighted by atomic mass is 9.91. The second-order valence-corrected chi connectivity index (χ2v) is 4.20. The third-order valence-corrected chi connectivity index (χ3v) is 3.04. The summed E-state index contributed by atoms with van der Waals surface area (Å²) in [7, 11) is 0. The minimum atomic E-state index is 0.281. The lowest BCUT2D eigenvalue weighted by Crippen LogP contribution is -2.39. The van der Waals surface area contributed by atoms with E-state index in [9.17, 15) is 0 Å². The van der Waals surface area contributed by atoms with Gasteiger partial charge in [0, 0.05) is 31.3 Å². The number of aromatic nitrogens is 2. The van der Waals surface area contributed by atoms with E-state index in [1.54, 1.807) is 0 Å². The Balaban J connectivity index is 1.95. The standard InChI is InChI=1S/C11H19N3O/c1-2-14-7-9(6-13-14)5-10-8-15-4-3-11(10)12/h6-7,10-11H,2-5,8,12H2,1H3. The predicted molar refractivity (Wildman–Crippen MR) is 58.5 cm³/mol. The zero-order chi connectivity index (χ0) is 10.7. The average Bonchev–Trinajstić information content (AvgIpc) is 2.69. The summed E-state index contributed by atoms with van der Waals surface area (Å²) in [5, 5.41) is 4.26. The van der Waals surface area contributed by atoms with Crippen LogP contribution in [0.2, 0.25) is 0 Å². The Hall–Kier alpha value is -0.870. The molecule has 0 spiro atoms. The normalized spacial score (nSPS) is 26.8. The molecule has 2 atom stereocenters. The Labute approximate surface area is 90.4 Å². The molecule has 15 heavy (non-hydrogen) atoms. The van der Waals surface area contributed by atoms with Gasteiger partial charge >= 0.3 is 0 Å². The summed E-state index contributed by atoms with van der Waals surface area (Å²) in [6, 6.07) is 0.281. The van der Waals surface area contributed by atoms with Gasteiger partial charge in [-0.25, -0.2) is 0 Å². The van der Waals surface area contributed by atoms with E-state index in [-0.39, 0.29) is 6.04 Å². The van der Waals surface area contributed by atoms with Gasteiger partial charge in [-0.2, -0.15) is 5.10 Å². The van der Waals surface area contributed by atoms with Crippen LogP contribution in [0.1, 0.15) is 18.9 Å². The molecular weight excluding hydrogens is 190 g/mol. The van der Waals surface area contributed by atoms with Crippen molar-refractivity contribution < 1.29 is 4.74 Å². The van der Waals surface area contributed by atoms with Crippen LogP contribution in [0.4, 0.5) is 0 Å². The molecular formula is C11H19N3O. The number of hydrogen-bond acceptors (Lipinski definition) is 3. The number of nitrogens with two attached hydrogens (primary N) is 1. The summed E-state index contributed by atoms with van der Waals surface area (Å²) in [5.41, 5.74) is 7.33. The minimum absolute atomic E-state index is 0.281. The van der Waals surface area contributed by atoms with Crippen molar-refractivity contribution in [3.05, 3.63) is 18.0 Å². The first-order valence-corrected chi connectivity index (χ1v) is 5.64. The zero-order valence-electron chi connectivity index (χ0n) is 9.22. The van der Waals surface area contributed by atoms with Crippen molar-refractivity contribution in [1.29, 1.82) is 0 Å². The second-order valence-electron chi connectivity index (χ2n) is 4.20. The summed E-state index contributed by atoms with van der Waals surface area (Å²) >= 11 is 0. The summed E-state index contributed by atoms with van der Waals surface area (Å²) in [4.78, 5) is 0. The molecule has 0 saturated carbocycles. The van der Waals surface area contributed by atoms with Crippen molar-refractivity contribution in [2.24, 2.45) is 11.7 Å². The van der Waals surface area contributed by atoms with E-state index in [0.717, 1.165) is 32.6 Å². The highest BCUT2D eigenvalue weighted by Gasteiger charge is 2.22. The third kappa shape index (κ3) is 2.58. The molecule has 1 aromatic heterocycles. The van der Waals surface area contributed by atoms with Gasteiger partial charge in [0.05, 0.1) is 12.8 Å². The SMILES string of the molecule is CCn1cc(CC2COCCC2N)cn1. The molecule has 2 unspecified atom stereocenters. The molecule has 84 valence electrons. The van der Waals surface area contributed by atoms with Gasteiger partial charge in [-0.15, -0.1) is 0 Å². The van der Waals surface area contributed by atoms with Crippen LogP contribution in [0, 0.1) is 5.92 Å². The van der Waals surface area contributed by atoms with E-state index >= 15 is 0 Å². The summed E-state index contributed by atoms with van der Waals surface area (Å²) in [5.74, 6) is 0.452. The molecule has 2 N–H and O–H groups in total. The average molecular weight is 209 g/mol. The molecule has 0 aliphatic carbocycles.